The summed E-state index contributed by atoms with van der Waals surface area (Å²) in [6.07, 6.45) is 0. The summed E-state index contributed by atoms with van der Waals surface area (Å²) in [7, 11) is 0. The number of nitriles is 1. The van der Waals surface area contributed by atoms with E-state index < -0.39 is 0 Å². The third kappa shape index (κ3) is 2.34. The molecule has 17 heavy (non-hydrogen) atoms. The van der Waals surface area contributed by atoms with Gasteiger partial charge in [0.25, 0.3) is 5.91 Å². The molecule has 0 atom stereocenters. The second-order valence-corrected chi connectivity index (χ2v) is 3.52. The Kier molecular flexibility index (Phi) is 2.93. The lowest BCUT2D eigenvalue weighted by Gasteiger charge is -2.04. The molecule has 1 aromatic heterocycles. The van der Waals surface area contributed by atoms with Crippen LogP contribution in [0.3, 0.4) is 0 Å². The minimum Gasteiger partial charge on any atom is -0.456 e. The van der Waals surface area contributed by atoms with Gasteiger partial charge in [-0.1, -0.05) is 12.1 Å². The lowest BCUT2D eigenvalue weighted by atomic mass is 10.2. The third-order valence-electron chi connectivity index (χ3n) is 2.26. The molecule has 0 saturated carbocycles. The number of benzene rings is 1. The Morgan fingerprint density at radius 1 is 1.29 bits per heavy atom. The number of hydrogen-bond donors (Lipinski definition) is 1. The quantitative estimate of drug-likeness (QED) is 0.856. The maximum absolute atomic E-state index is 11.8. The van der Waals surface area contributed by atoms with Gasteiger partial charge >= 0.3 is 0 Å². The van der Waals surface area contributed by atoms with Crippen molar-refractivity contribution >= 4 is 11.6 Å². The summed E-state index contributed by atoms with van der Waals surface area (Å²) in [4.78, 5) is 11.8. The van der Waals surface area contributed by atoms with Crippen molar-refractivity contribution in [3.05, 3.63) is 53.5 Å². The van der Waals surface area contributed by atoms with Crippen molar-refractivity contribution in [2.45, 2.75) is 6.92 Å². The largest absolute Gasteiger partial charge is 0.456 e. The maximum Gasteiger partial charge on any atom is 0.291 e. The smallest absolute Gasteiger partial charge is 0.291 e. The summed E-state index contributed by atoms with van der Waals surface area (Å²) in [5, 5.41) is 11.5. The van der Waals surface area contributed by atoms with Crippen molar-refractivity contribution in [3.63, 3.8) is 0 Å². The van der Waals surface area contributed by atoms with E-state index >= 15 is 0 Å². The average Bonchev–Trinajstić information content (AvgIpc) is 2.77. The molecular weight excluding hydrogens is 216 g/mol. The number of anilines is 1. The minimum absolute atomic E-state index is 0.232. The molecule has 1 N–H and O–H groups in total. The first-order valence-corrected chi connectivity index (χ1v) is 5.07. The van der Waals surface area contributed by atoms with E-state index in [1.807, 2.05) is 6.07 Å². The second-order valence-electron chi connectivity index (χ2n) is 3.52. The van der Waals surface area contributed by atoms with Crippen molar-refractivity contribution in [1.82, 2.24) is 0 Å². The Balaban J connectivity index is 2.22. The lowest BCUT2D eigenvalue weighted by molar-refractivity contribution is 0.0995. The molecule has 1 aromatic carbocycles. The molecule has 4 heteroatoms. The normalized spacial score (nSPS) is 9.65. The van der Waals surface area contributed by atoms with E-state index in [1.54, 1.807) is 43.3 Å². The van der Waals surface area contributed by atoms with Crippen LogP contribution < -0.4 is 5.32 Å². The highest BCUT2D eigenvalue weighted by molar-refractivity contribution is 6.02. The molecule has 0 saturated heterocycles. The fourth-order valence-corrected chi connectivity index (χ4v) is 1.43. The Bertz CT molecular complexity index is 593. The molecule has 2 aromatic rings. The van der Waals surface area contributed by atoms with Crippen LogP contribution in [0.15, 0.2) is 40.8 Å². The number of amides is 1. The van der Waals surface area contributed by atoms with Crippen molar-refractivity contribution < 1.29 is 9.21 Å². The third-order valence-corrected chi connectivity index (χ3v) is 2.26. The maximum atomic E-state index is 11.8. The molecule has 0 aliphatic heterocycles. The summed E-state index contributed by atoms with van der Waals surface area (Å²) < 4.78 is 5.20. The molecule has 1 amide bonds. The van der Waals surface area contributed by atoms with Gasteiger partial charge in [0.05, 0.1) is 11.3 Å². The van der Waals surface area contributed by atoms with Gasteiger partial charge in [0.1, 0.15) is 11.8 Å². The van der Waals surface area contributed by atoms with E-state index in [2.05, 4.69) is 5.32 Å². The SMILES string of the molecule is Cc1ccc(C(=O)Nc2ccccc2C#N)o1. The molecule has 0 bridgehead atoms. The van der Waals surface area contributed by atoms with Gasteiger partial charge < -0.3 is 9.73 Å². The second kappa shape index (κ2) is 4.54. The Morgan fingerprint density at radius 2 is 2.06 bits per heavy atom. The molecule has 84 valence electrons. The number of carbonyl (C=O) groups is 1. The zero-order valence-electron chi connectivity index (χ0n) is 9.23. The Morgan fingerprint density at radius 3 is 2.71 bits per heavy atom. The van der Waals surface area contributed by atoms with E-state index in [1.165, 1.54) is 0 Å². The van der Waals surface area contributed by atoms with Gasteiger partial charge in [-0.2, -0.15) is 5.26 Å². The summed E-state index contributed by atoms with van der Waals surface area (Å²) in [6, 6.07) is 12.1. The number of para-hydroxylation sites is 1. The van der Waals surface area contributed by atoms with Crippen molar-refractivity contribution in [1.29, 1.82) is 5.26 Å². The number of nitrogens with one attached hydrogen (secondary N) is 1. The van der Waals surface area contributed by atoms with E-state index in [4.69, 9.17) is 9.68 Å². The summed E-state index contributed by atoms with van der Waals surface area (Å²) in [5.74, 6) is 0.541. The van der Waals surface area contributed by atoms with Gasteiger partial charge in [0, 0.05) is 0 Å². The van der Waals surface area contributed by atoms with Gasteiger partial charge in [-0.3, -0.25) is 4.79 Å². The fourth-order valence-electron chi connectivity index (χ4n) is 1.43. The molecule has 0 aliphatic rings. The Labute approximate surface area is 98.5 Å². The van der Waals surface area contributed by atoms with Gasteiger partial charge in [-0.15, -0.1) is 0 Å². The first-order valence-electron chi connectivity index (χ1n) is 5.07. The molecule has 0 aliphatic carbocycles. The highest BCUT2D eigenvalue weighted by Gasteiger charge is 2.11. The first kappa shape index (κ1) is 11.0. The molecule has 0 unspecified atom stereocenters. The number of aryl methyl sites for hydroxylation is 1. The number of nitrogens with zero attached hydrogens (tertiary/aromatic N) is 1. The summed E-state index contributed by atoms with van der Waals surface area (Å²) in [6.45, 7) is 1.76. The standard InChI is InChI=1S/C13H10N2O2/c1-9-6-7-12(17-9)13(16)15-11-5-3-2-4-10(11)8-14/h2-7H,1H3,(H,15,16). The zero-order chi connectivity index (χ0) is 12.3. The number of furan rings is 1. The molecule has 0 fully saturated rings. The topological polar surface area (TPSA) is 66.0 Å². The number of carbonyl (C=O) groups excluding carboxylic acids is 1. The van der Waals surface area contributed by atoms with Gasteiger partial charge in [-0.05, 0) is 31.2 Å². The van der Waals surface area contributed by atoms with Crippen LogP contribution >= 0.6 is 0 Å². The van der Waals surface area contributed by atoms with E-state index in [9.17, 15) is 4.79 Å². The first-order chi connectivity index (χ1) is 8.20. The summed E-state index contributed by atoms with van der Waals surface area (Å²) in [5.41, 5.74) is 0.901. The van der Waals surface area contributed by atoms with Crippen LogP contribution in [0.2, 0.25) is 0 Å². The zero-order valence-corrected chi connectivity index (χ0v) is 9.23. The van der Waals surface area contributed by atoms with Crippen LogP contribution in [0.25, 0.3) is 0 Å². The number of hydrogen-bond acceptors (Lipinski definition) is 3. The van der Waals surface area contributed by atoms with Crippen LogP contribution in [0, 0.1) is 18.3 Å². The minimum atomic E-state index is -0.360. The van der Waals surface area contributed by atoms with E-state index in [-0.39, 0.29) is 11.7 Å². The van der Waals surface area contributed by atoms with Crippen LogP contribution in [-0.4, -0.2) is 5.91 Å². The summed E-state index contributed by atoms with van der Waals surface area (Å²) >= 11 is 0. The van der Waals surface area contributed by atoms with Crippen molar-refractivity contribution in [3.8, 4) is 6.07 Å². The van der Waals surface area contributed by atoms with Crippen LogP contribution in [0.5, 0.6) is 0 Å². The van der Waals surface area contributed by atoms with E-state index in [0.717, 1.165) is 0 Å². The van der Waals surface area contributed by atoms with E-state index in [0.29, 0.717) is 17.0 Å². The predicted octanol–water partition coefficient (Wildman–Crippen LogP) is 2.71. The predicted molar refractivity (Wildman–Crippen MR) is 62.6 cm³/mol. The molecule has 4 nitrogen and oxygen atoms in total. The molecule has 0 radical (unpaired) electrons. The van der Waals surface area contributed by atoms with Crippen LogP contribution in [0.1, 0.15) is 21.9 Å². The van der Waals surface area contributed by atoms with Crippen LogP contribution in [0.4, 0.5) is 5.69 Å². The Hall–Kier alpha value is -2.54. The van der Waals surface area contributed by atoms with Crippen molar-refractivity contribution in [2.75, 3.05) is 5.32 Å². The highest BCUT2D eigenvalue weighted by atomic mass is 16.3. The molecular formula is C13H10N2O2. The average molecular weight is 226 g/mol. The van der Waals surface area contributed by atoms with Gasteiger partial charge in [-0.25, -0.2) is 0 Å². The van der Waals surface area contributed by atoms with Crippen LogP contribution in [-0.2, 0) is 0 Å². The molecule has 2 rings (SSSR count). The molecule has 1 heterocycles. The lowest BCUT2D eigenvalue weighted by Crippen LogP contribution is -2.11. The van der Waals surface area contributed by atoms with Gasteiger partial charge in [0.15, 0.2) is 5.76 Å². The fraction of sp³-hybridized carbons (Fsp3) is 0.0769. The molecule has 0 spiro atoms. The highest BCUT2D eigenvalue weighted by Crippen LogP contribution is 2.15. The number of rotatable bonds is 2. The monoisotopic (exact) mass is 226 g/mol. The van der Waals surface area contributed by atoms with Gasteiger partial charge in [0.2, 0.25) is 0 Å². The van der Waals surface area contributed by atoms with Crippen molar-refractivity contribution in [2.24, 2.45) is 0 Å².